The van der Waals surface area contributed by atoms with E-state index in [1.54, 1.807) is 0 Å². The Morgan fingerprint density at radius 1 is 1.25 bits per heavy atom. The molecule has 2 N–H and O–H groups in total. The topological polar surface area (TPSA) is 26.0 Å². The predicted molar refractivity (Wildman–Crippen MR) is 24.8 cm³/mol. The first-order valence-electron chi connectivity index (χ1n) is 2.26. The summed E-state index contributed by atoms with van der Waals surface area (Å²) in [7, 11) is 0. The molecule has 2 atom stereocenters. The smallest absolute Gasteiger partial charge is 0.161 e. The summed E-state index contributed by atoms with van der Waals surface area (Å²) in [5, 5.41) is 0. The lowest BCUT2D eigenvalue weighted by Crippen LogP contribution is -2.27. The normalized spacial score (nSPS) is 18.0. The van der Waals surface area contributed by atoms with Crippen molar-refractivity contribution >= 4 is 0 Å². The molecule has 0 aromatic rings. The summed E-state index contributed by atoms with van der Waals surface area (Å²) in [6, 6.07) is 0. The van der Waals surface area contributed by atoms with E-state index < -0.39 is 25.6 Å². The van der Waals surface area contributed by atoms with Gasteiger partial charge < -0.3 is 5.73 Å². The van der Waals surface area contributed by atoms with Crippen molar-refractivity contribution in [2.24, 2.45) is 5.73 Å². The van der Waals surface area contributed by atoms with E-state index >= 15 is 0 Å². The third kappa shape index (κ3) is 2.16. The van der Waals surface area contributed by atoms with Gasteiger partial charge in [0.05, 0.1) is 0 Å². The zero-order chi connectivity index (χ0) is 6.57. The second kappa shape index (κ2) is 3.72. The zero-order valence-corrected chi connectivity index (χ0v) is 4.28. The molecule has 0 saturated heterocycles. The summed E-state index contributed by atoms with van der Waals surface area (Å²) < 4.78 is 34.6. The van der Waals surface area contributed by atoms with Gasteiger partial charge in [-0.2, -0.15) is 0 Å². The summed E-state index contributed by atoms with van der Waals surface area (Å²) in [5.41, 5.74) is 4.67. The van der Waals surface area contributed by atoms with Crippen molar-refractivity contribution in [1.29, 1.82) is 0 Å². The maximum absolute atomic E-state index is 11.8. The van der Waals surface area contributed by atoms with Crippen molar-refractivity contribution in [1.82, 2.24) is 0 Å². The van der Waals surface area contributed by atoms with Crippen LogP contribution >= 0.6 is 0 Å². The molecule has 0 saturated carbocycles. The average molecular weight is 127 g/mol. The van der Waals surface area contributed by atoms with Gasteiger partial charge in [0.15, 0.2) is 6.17 Å². The fourth-order valence-corrected chi connectivity index (χ4v) is 0.244. The molecule has 0 aliphatic rings. The molecule has 4 heteroatoms. The highest BCUT2D eigenvalue weighted by molar-refractivity contribution is 4.66. The lowest BCUT2D eigenvalue weighted by Gasteiger charge is -2.05. The van der Waals surface area contributed by atoms with Crippen molar-refractivity contribution in [2.45, 2.75) is 12.3 Å². The molecule has 0 aromatic carbocycles. The summed E-state index contributed by atoms with van der Waals surface area (Å²) >= 11 is 0. The highest BCUT2D eigenvalue weighted by Gasteiger charge is 2.17. The Kier molecular flexibility index (Phi) is 3.60. The largest absolute Gasteiger partial charge is 0.328 e. The van der Waals surface area contributed by atoms with Gasteiger partial charge >= 0.3 is 0 Å². The SMILES string of the molecule is NC[C@@H](F)[C@H](F)CF. The summed E-state index contributed by atoms with van der Waals surface area (Å²) in [6.45, 7) is -1.75. The van der Waals surface area contributed by atoms with E-state index in [1.165, 1.54) is 0 Å². The monoisotopic (exact) mass is 127 g/mol. The Bertz CT molecular complexity index is 51.2. The molecule has 0 radical (unpaired) electrons. The van der Waals surface area contributed by atoms with Crippen LogP contribution in [0.15, 0.2) is 0 Å². The first-order chi connectivity index (χ1) is 3.72. The standard InChI is InChI=1S/C4H8F3N/c5-1-3(6)4(7)2-8/h3-4H,1-2,8H2/t3-,4-/m1/s1. The van der Waals surface area contributed by atoms with Gasteiger partial charge in [-0.15, -0.1) is 0 Å². The second-order valence-electron chi connectivity index (χ2n) is 1.42. The minimum absolute atomic E-state index is 0.453. The molecule has 8 heavy (non-hydrogen) atoms. The van der Waals surface area contributed by atoms with Crippen LogP contribution in [0.25, 0.3) is 0 Å². The van der Waals surface area contributed by atoms with Crippen molar-refractivity contribution in [3.05, 3.63) is 0 Å². The van der Waals surface area contributed by atoms with Gasteiger partial charge in [-0.25, -0.2) is 13.2 Å². The quantitative estimate of drug-likeness (QED) is 0.590. The van der Waals surface area contributed by atoms with E-state index in [2.05, 4.69) is 5.73 Å². The van der Waals surface area contributed by atoms with Gasteiger partial charge in [0, 0.05) is 6.54 Å². The molecular weight excluding hydrogens is 119 g/mol. The highest BCUT2D eigenvalue weighted by atomic mass is 19.2. The minimum atomic E-state index is -2.04. The van der Waals surface area contributed by atoms with Gasteiger partial charge in [0.2, 0.25) is 0 Å². The number of rotatable bonds is 3. The van der Waals surface area contributed by atoms with E-state index in [0.717, 1.165) is 0 Å². The van der Waals surface area contributed by atoms with E-state index in [-0.39, 0.29) is 0 Å². The molecule has 0 fully saturated rings. The molecule has 0 unspecified atom stereocenters. The van der Waals surface area contributed by atoms with Crippen LogP contribution in [0.5, 0.6) is 0 Å². The fourth-order valence-electron chi connectivity index (χ4n) is 0.244. The van der Waals surface area contributed by atoms with Gasteiger partial charge in [0.25, 0.3) is 0 Å². The van der Waals surface area contributed by atoms with Crippen LogP contribution in [0.2, 0.25) is 0 Å². The molecule has 0 heterocycles. The molecule has 0 spiro atoms. The summed E-state index contributed by atoms with van der Waals surface area (Å²) in [4.78, 5) is 0. The van der Waals surface area contributed by atoms with Crippen LogP contribution in [0.1, 0.15) is 0 Å². The lowest BCUT2D eigenvalue weighted by atomic mass is 10.3. The van der Waals surface area contributed by atoms with Crippen molar-refractivity contribution in [3.8, 4) is 0 Å². The zero-order valence-electron chi connectivity index (χ0n) is 4.28. The van der Waals surface area contributed by atoms with Gasteiger partial charge in [-0.05, 0) is 0 Å². The molecule has 0 bridgehead atoms. The van der Waals surface area contributed by atoms with Crippen LogP contribution in [-0.2, 0) is 0 Å². The van der Waals surface area contributed by atoms with E-state index in [0.29, 0.717) is 0 Å². The molecule has 0 amide bonds. The lowest BCUT2D eigenvalue weighted by molar-refractivity contribution is 0.143. The van der Waals surface area contributed by atoms with Crippen LogP contribution in [-0.4, -0.2) is 25.6 Å². The molecule has 0 aliphatic heterocycles. The Balaban J connectivity index is 3.29. The van der Waals surface area contributed by atoms with Crippen molar-refractivity contribution in [2.75, 3.05) is 13.2 Å². The second-order valence-corrected chi connectivity index (χ2v) is 1.42. The number of nitrogens with two attached hydrogens (primary N) is 1. The average Bonchev–Trinajstić information content (AvgIpc) is 1.84. The van der Waals surface area contributed by atoms with Crippen LogP contribution in [0.3, 0.4) is 0 Å². The van der Waals surface area contributed by atoms with Crippen LogP contribution in [0, 0.1) is 0 Å². The Morgan fingerprint density at radius 2 is 1.75 bits per heavy atom. The number of halogens is 3. The number of alkyl halides is 3. The highest BCUT2D eigenvalue weighted by Crippen LogP contribution is 2.01. The summed E-state index contributed by atoms with van der Waals surface area (Å²) in [6.07, 6.45) is -3.89. The Morgan fingerprint density at radius 3 is 1.88 bits per heavy atom. The van der Waals surface area contributed by atoms with E-state index in [9.17, 15) is 13.2 Å². The third-order valence-electron chi connectivity index (χ3n) is 0.765. The fraction of sp³-hybridized carbons (Fsp3) is 1.00. The van der Waals surface area contributed by atoms with Gasteiger partial charge in [-0.3, -0.25) is 0 Å². The Hall–Kier alpha value is -0.250. The summed E-state index contributed by atoms with van der Waals surface area (Å²) in [5.74, 6) is 0. The van der Waals surface area contributed by atoms with Crippen molar-refractivity contribution in [3.63, 3.8) is 0 Å². The van der Waals surface area contributed by atoms with E-state index in [1.807, 2.05) is 0 Å². The number of hydrogen-bond donors (Lipinski definition) is 1. The van der Waals surface area contributed by atoms with E-state index in [4.69, 9.17) is 0 Å². The maximum atomic E-state index is 11.8. The minimum Gasteiger partial charge on any atom is -0.328 e. The molecule has 50 valence electrons. The third-order valence-corrected chi connectivity index (χ3v) is 0.765. The van der Waals surface area contributed by atoms with Crippen LogP contribution in [0.4, 0.5) is 13.2 Å². The maximum Gasteiger partial charge on any atom is 0.161 e. The van der Waals surface area contributed by atoms with Gasteiger partial charge in [0.1, 0.15) is 12.8 Å². The molecule has 0 aliphatic carbocycles. The molecule has 0 rings (SSSR count). The molecule has 1 nitrogen and oxygen atoms in total. The van der Waals surface area contributed by atoms with Crippen LogP contribution < -0.4 is 5.73 Å². The van der Waals surface area contributed by atoms with Crippen molar-refractivity contribution < 1.29 is 13.2 Å². The Labute approximate surface area is 45.7 Å². The first kappa shape index (κ1) is 7.75. The van der Waals surface area contributed by atoms with Gasteiger partial charge in [-0.1, -0.05) is 0 Å². The predicted octanol–water partition coefficient (Wildman–Crippen LogP) is 0.591. The molecular formula is C4H8F3N. The number of hydrogen-bond acceptors (Lipinski definition) is 1. The molecule has 0 aromatic heterocycles. The first-order valence-corrected chi connectivity index (χ1v) is 2.26.